The molecule has 0 aliphatic carbocycles. The molecule has 0 spiro atoms. The average molecular weight is 198 g/mol. The summed E-state index contributed by atoms with van der Waals surface area (Å²) >= 11 is 0. The summed E-state index contributed by atoms with van der Waals surface area (Å²) in [4.78, 5) is 0. The van der Waals surface area contributed by atoms with E-state index < -0.39 is 18.6 Å². The maximum Gasteiger partial charge on any atom is 0.390 e. The van der Waals surface area contributed by atoms with Crippen LogP contribution >= 0.6 is 0 Å². The highest BCUT2D eigenvalue weighted by atomic mass is 19.4. The monoisotopic (exact) mass is 198 g/mol. The molecule has 0 saturated carbocycles. The molecule has 0 radical (unpaired) electrons. The fourth-order valence-electron chi connectivity index (χ4n) is 0.977. The van der Waals surface area contributed by atoms with Crippen LogP contribution in [0, 0.1) is 0 Å². The second-order valence-electron chi connectivity index (χ2n) is 3.44. The van der Waals surface area contributed by atoms with Gasteiger partial charge in [-0.3, -0.25) is 0 Å². The van der Waals surface area contributed by atoms with Gasteiger partial charge in [-0.25, -0.2) is 0 Å². The minimum atomic E-state index is -4.08. The number of halogens is 3. The van der Waals surface area contributed by atoms with Crippen molar-refractivity contribution in [2.75, 3.05) is 6.54 Å². The Bertz CT molecular complexity index is 134. The highest BCUT2D eigenvalue weighted by molar-refractivity contribution is 4.66. The molecule has 0 fully saturated rings. The highest BCUT2D eigenvalue weighted by Crippen LogP contribution is 2.21. The Labute approximate surface area is 76.7 Å². The largest absolute Gasteiger partial charge is 0.390 e. The lowest BCUT2D eigenvalue weighted by Gasteiger charge is -2.16. The van der Waals surface area contributed by atoms with Crippen molar-refractivity contribution < 1.29 is 13.2 Å². The van der Waals surface area contributed by atoms with E-state index in [0.717, 1.165) is 0 Å². The van der Waals surface area contributed by atoms with Crippen molar-refractivity contribution >= 4 is 0 Å². The van der Waals surface area contributed by atoms with Crippen molar-refractivity contribution in [3.05, 3.63) is 0 Å². The second kappa shape index (κ2) is 5.44. The first-order valence-corrected chi connectivity index (χ1v) is 4.37. The molecule has 0 amide bonds. The third-order valence-electron chi connectivity index (χ3n) is 1.63. The van der Waals surface area contributed by atoms with Crippen LogP contribution in [0.15, 0.2) is 0 Å². The van der Waals surface area contributed by atoms with Crippen LogP contribution in [0.5, 0.6) is 0 Å². The topological polar surface area (TPSA) is 38.0 Å². The molecule has 0 aliphatic heterocycles. The Morgan fingerprint density at radius 2 is 1.85 bits per heavy atom. The summed E-state index contributed by atoms with van der Waals surface area (Å²) in [6.45, 7) is 3.89. The predicted octanol–water partition coefficient (Wildman–Crippen LogP) is 1.65. The maximum atomic E-state index is 11.8. The van der Waals surface area contributed by atoms with E-state index in [1.807, 2.05) is 6.92 Å². The van der Waals surface area contributed by atoms with E-state index in [2.05, 4.69) is 5.32 Å². The SMILES string of the molecule is CC(N)CCNC(C)CC(F)(F)F. The van der Waals surface area contributed by atoms with Gasteiger partial charge in [-0.05, 0) is 26.8 Å². The molecule has 0 bridgehead atoms. The lowest BCUT2D eigenvalue weighted by atomic mass is 10.2. The summed E-state index contributed by atoms with van der Waals surface area (Å²) in [7, 11) is 0. The summed E-state index contributed by atoms with van der Waals surface area (Å²) in [5, 5.41) is 2.77. The number of nitrogens with one attached hydrogen (secondary N) is 1. The molecule has 2 nitrogen and oxygen atoms in total. The third kappa shape index (κ3) is 9.63. The van der Waals surface area contributed by atoms with Crippen molar-refractivity contribution in [1.82, 2.24) is 5.32 Å². The fraction of sp³-hybridized carbons (Fsp3) is 1.00. The normalized spacial score (nSPS) is 17.1. The van der Waals surface area contributed by atoms with Gasteiger partial charge in [0.2, 0.25) is 0 Å². The van der Waals surface area contributed by atoms with Crippen molar-refractivity contribution in [2.45, 2.75) is 44.9 Å². The van der Waals surface area contributed by atoms with Crippen LogP contribution in [0.3, 0.4) is 0 Å². The Balaban J connectivity index is 3.46. The van der Waals surface area contributed by atoms with Gasteiger partial charge < -0.3 is 11.1 Å². The number of alkyl halides is 3. The molecule has 0 heterocycles. The van der Waals surface area contributed by atoms with Gasteiger partial charge in [-0.1, -0.05) is 0 Å². The Morgan fingerprint density at radius 1 is 1.31 bits per heavy atom. The van der Waals surface area contributed by atoms with Crippen molar-refractivity contribution in [1.29, 1.82) is 0 Å². The molecule has 0 rings (SSSR count). The number of hydrogen-bond donors (Lipinski definition) is 2. The van der Waals surface area contributed by atoms with E-state index in [-0.39, 0.29) is 6.04 Å². The van der Waals surface area contributed by atoms with Gasteiger partial charge in [0.15, 0.2) is 0 Å². The molecule has 13 heavy (non-hydrogen) atoms. The van der Waals surface area contributed by atoms with E-state index >= 15 is 0 Å². The van der Waals surface area contributed by atoms with Crippen LogP contribution in [-0.4, -0.2) is 24.8 Å². The van der Waals surface area contributed by atoms with Crippen LogP contribution in [0.1, 0.15) is 26.7 Å². The van der Waals surface area contributed by atoms with E-state index in [0.29, 0.717) is 13.0 Å². The van der Waals surface area contributed by atoms with Gasteiger partial charge in [-0.15, -0.1) is 0 Å². The fourth-order valence-corrected chi connectivity index (χ4v) is 0.977. The van der Waals surface area contributed by atoms with E-state index in [9.17, 15) is 13.2 Å². The zero-order chi connectivity index (χ0) is 10.5. The zero-order valence-electron chi connectivity index (χ0n) is 7.99. The Hall–Kier alpha value is -0.290. The highest BCUT2D eigenvalue weighted by Gasteiger charge is 2.29. The predicted molar refractivity (Wildman–Crippen MR) is 46.4 cm³/mol. The van der Waals surface area contributed by atoms with Crippen LogP contribution in [-0.2, 0) is 0 Å². The van der Waals surface area contributed by atoms with E-state index in [4.69, 9.17) is 5.73 Å². The molecule has 2 unspecified atom stereocenters. The second-order valence-corrected chi connectivity index (χ2v) is 3.44. The zero-order valence-corrected chi connectivity index (χ0v) is 7.99. The summed E-state index contributed by atoms with van der Waals surface area (Å²) < 4.78 is 35.5. The first-order valence-electron chi connectivity index (χ1n) is 4.37. The first kappa shape index (κ1) is 12.7. The van der Waals surface area contributed by atoms with Gasteiger partial charge in [0, 0.05) is 12.1 Å². The molecular weight excluding hydrogens is 181 g/mol. The lowest BCUT2D eigenvalue weighted by molar-refractivity contribution is -0.139. The Morgan fingerprint density at radius 3 is 2.23 bits per heavy atom. The molecular formula is C8H17F3N2. The molecule has 0 aromatic heterocycles. The van der Waals surface area contributed by atoms with Gasteiger partial charge >= 0.3 is 6.18 Å². The first-order chi connectivity index (χ1) is 5.81. The quantitative estimate of drug-likeness (QED) is 0.705. The summed E-state index contributed by atoms with van der Waals surface area (Å²) in [5.74, 6) is 0. The van der Waals surface area contributed by atoms with Crippen molar-refractivity contribution in [3.8, 4) is 0 Å². The standard InChI is InChI=1S/C8H17F3N2/c1-6(12)3-4-13-7(2)5-8(9,10)11/h6-7,13H,3-5,12H2,1-2H3. The van der Waals surface area contributed by atoms with Crippen molar-refractivity contribution in [3.63, 3.8) is 0 Å². The smallest absolute Gasteiger partial charge is 0.328 e. The molecule has 5 heteroatoms. The summed E-state index contributed by atoms with van der Waals surface area (Å²) in [6, 6.07) is -0.496. The van der Waals surface area contributed by atoms with Crippen LogP contribution in [0.25, 0.3) is 0 Å². The van der Waals surface area contributed by atoms with Gasteiger partial charge in [0.1, 0.15) is 0 Å². The number of rotatable bonds is 5. The van der Waals surface area contributed by atoms with Crippen molar-refractivity contribution in [2.24, 2.45) is 5.73 Å². The molecule has 0 saturated heterocycles. The maximum absolute atomic E-state index is 11.8. The van der Waals surface area contributed by atoms with Crippen LogP contribution in [0.2, 0.25) is 0 Å². The molecule has 0 aromatic rings. The minimum absolute atomic E-state index is 0.0330. The number of hydrogen-bond acceptors (Lipinski definition) is 2. The van der Waals surface area contributed by atoms with Gasteiger partial charge in [0.05, 0.1) is 6.42 Å². The molecule has 2 atom stereocenters. The van der Waals surface area contributed by atoms with E-state index in [1.54, 1.807) is 0 Å². The van der Waals surface area contributed by atoms with Gasteiger partial charge in [-0.2, -0.15) is 13.2 Å². The Kier molecular flexibility index (Phi) is 5.32. The molecule has 3 N–H and O–H groups in total. The average Bonchev–Trinajstić information content (AvgIpc) is 1.81. The van der Waals surface area contributed by atoms with Crippen LogP contribution < -0.4 is 11.1 Å². The third-order valence-corrected chi connectivity index (χ3v) is 1.63. The van der Waals surface area contributed by atoms with Gasteiger partial charge in [0.25, 0.3) is 0 Å². The lowest BCUT2D eigenvalue weighted by Crippen LogP contribution is -2.34. The molecule has 80 valence electrons. The number of nitrogens with two attached hydrogens (primary N) is 1. The van der Waals surface area contributed by atoms with E-state index in [1.165, 1.54) is 6.92 Å². The molecule has 0 aliphatic rings. The summed E-state index contributed by atoms with van der Waals surface area (Å²) in [6.07, 6.45) is -4.17. The summed E-state index contributed by atoms with van der Waals surface area (Å²) in [5.41, 5.74) is 5.44. The molecule has 0 aromatic carbocycles. The van der Waals surface area contributed by atoms with Crippen LogP contribution in [0.4, 0.5) is 13.2 Å². The minimum Gasteiger partial charge on any atom is -0.328 e.